The molecular formula is C19H20N4O2. The lowest BCUT2D eigenvalue weighted by Crippen LogP contribution is -2.29. The molecule has 6 heteroatoms. The number of hydrogen-bond acceptors (Lipinski definition) is 5. The molecule has 1 N–H and O–H groups in total. The van der Waals surface area contributed by atoms with Gasteiger partial charge in [-0.25, -0.2) is 0 Å². The van der Waals surface area contributed by atoms with E-state index in [0.29, 0.717) is 18.7 Å². The fraction of sp³-hybridized carbons (Fsp3) is 0.211. The van der Waals surface area contributed by atoms with Crippen LogP contribution in [0.2, 0.25) is 0 Å². The summed E-state index contributed by atoms with van der Waals surface area (Å²) in [6, 6.07) is 9.45. The first-order chi connectivity index (χ1) is 12.2. The van der Waals surface area contributed by atoms with E-state index in [1.54, 1.807) is 49.1 Å². The van der Waals surface area contributed by atoms with Gasteiger partial charge in [-0.1, -0.05) is 0 Å². The lowest BCUT2D eigenvalue weighted by Gasteiger charge is -2.17. The highest BCUT2D eigenvalue weighted by Crippen LogP contribution is 2.12. The van der Waals surface area contributed by atoms with Crippen molar-refractivity contribution in [2.75, 3.05) is 18.9 Å². The van der Waals surface area contributed by atoms with Crippen molar-refractivity contribution < 1.29 is 9.21 Å². The van der Waals surface area contributed by atoms with Crippen molar-refractivity contribution in [1.29, 1.82) is 0 Å². The topological polar surface area (TPSA) is 71.3 Å². The number of rotatable bonds is 7. The van der Waals surface area contributed by atoms with Crippen molar-refractivity contribution in [3.05, 3.63) is 78.3 Å². The van der Waals surface area contributed by atoms with Crippen LogP contribution in [0.25, 0.3) is 0 Å². The Hall–Kier alpha value is -3.15. The number of carbonyl (C=O) groups excluding carboxylic acids is 1. The van der Waals surface area contributed by atoms with Crippen LogP contribution in [0.4, 0.5) is 5.69 Å². The van der Waals surface area contributed by atoms with E-state index < -0.39 is 0 Å². The highest BCUT2D eigenvalue weighted by molar-refractivity contribution is 5.94. The third-order valence-corrected chi connectivity index (χ3v) is 3.86. The summed E-state index contributed by atoms with van der Waals surface area (Å²) in [7, 11) is 1.80. The predicted molar refractivity (Wildman–Crippen MR) is 95.2 cm³/mol. The minimum Gasteiger partial charge on any atom is -0.467 e. The van der Waals surface area contributed by atoms with E-state index in [0.717, 1.165) is 23.4 Å². The van der Waals surface area contributed by atoms with Gasteiger partial charge in [-0.2, -0.15) is 0 Å². The molecule has 1 amide bonds. The number of hydrogen-bond donors (Lipinski definition) is 1. The highest BCUT2D eigenvalue weighted by atomic mass is 16.3. The second-order valence-corrected chi connectivity index (χ2v) is 5.73. The van der Waals surface area contributed by atoms with E-state index in [1.807, 2.05) is 24.3 Å². The van der Waals surface area contributed by atoms with Gasteiger partial charge in [-0.15, -0.1) is 0 Å². The maximum absolute atomic E-state index is 12.6. The summed E-state index contributed by atoms with van der Waals surface area (Å²) in [5, 5.41) is 3.21. The van der Waals surface area contributed by atoms with Crippen molar-refractivity contribution in [2.45, 2.75) is 13.0 Å². The van der Waals surface area contributed by atoms with Gasteiger partial charge in [-0.05, 0) is 42.3 Å². The van der Waals surface area contributed by atoms with Crippen molar-refractivity contribution in [1.82, 2.24) is 14.9 Å². The Labute approximate surface area is 146 Å². The molecule has 3 rings (SSSR count). The Kier molecular flexibility index (Phi) is 5.41. The molecule has 0 fully saturated rings. The van der Waals surface area contributed by atoms with E-state index in [4.69, 9.17) is 4.42 Å². The molecule has 25 heavy (non-hydrogen) atoms. The number of nitrogens with zero attached hydrogens (tertiary/aromatic N) is 3. The summed E-state index contributed by atoms with van der Waals surface area (Å²) in [5.74, 6) is 0.773. The zero-order valence-corrected chi connectivity index (χ0v) is 14.1. The largest absolute Gasteiger partial charge is 0.467 e. The minimum atomic E-state index is -0.0526. The van der Waals surface area contributed by atoms with E-state index in [9.17, 15) is 4.79 Å². The Balaban J connectivity index is 1.58. The Bertz CT molecular complexity index is 803. The van der Waals surface area contributed by atoms with Gasteiger partial charge in [0.1, 0.15) is 5.76 Å². The number of aromatic nitrogens is 2. The van der Waals surface area contributed by atoms with Crippen LogP contribution in [0.15, 0.2) is 65.8 Å². The summed E-state index contributed by atoms with van der Waals surface area (Å²) in [4.78, 5) is 22.4. The summed E-state index contributed by atoms with van der Waals surface area (Å²) in [6.07, 6.45) is 9.21. The van der Waals surface area contributed by atoms with Crippen molar-refractivity contribution in [3.63, 3.8) is 0 Å². The molecule has 0 aliphatic rings. The number of likely N-dealkylation sites (N-methyl/N-ethyl adjacent to an activating group) is 1. The number of anilines is 1. The monoisotopic (exact) mass is 336 g/mol. The summed E-state index contributed by atoms with van der Waals surface area (Å²) in [6.45, 7) is 1.18. The van der Waals surface area contributed by atoms with Crippen LogP contribution >= 0.6 is 0 Å². The molecule has 0 saturated carbocycles. The summed E-state index contributed by atoms with van der Waals surface area (Å²) in [5.41, 5.74) is 2.49. The number of furan rings is 1. The first-order valence-corrected chi connectivity index (χ1v) is 8.08. The predicted octanol–water partition coefficient (Wildman–Crippen LogP) is 3.00. The molecule has 3 heterocycles. The normalized spacial score (nSPS) is 10.4. The van der Waals surface area contributed by atoms with Gasteiger partial charge in [0.05, 0.1) is 24.1 Å². The Morgan fingerprint density at radius 2 is 2.04 bits per heavy atom. The van der Waals surface area contributed by atoms with Crippen molar-refractivity contribution >= 4 is 11.6 Å². The van der Waals surface area contributed by atoms with Crippen LogP contribution in [-0.2, 0) is 13.0 Å². The van der Waals surface area contributed by atoms with Gasteiger partial charge in [-0.3, -0.25) is 14.8 Å². The van der Waals surface area contributed by atoms with Crippen LogP contribution in [0.5, 0.6) is 0 Å². The zero-order chi connectivity index (χ0) is 17.5. The van der Waals surface area contributed by atoms with E-state index >= 15 is 0 Å². The summed E-state index contributed by atoms with van der Waals surface area (Å²) >= 11 is 0. The first-order valence-electron chi connectivity index (χ1n) is 8.08. The van der Waals surface area contributed by atoms with E-state index in [1.165, 1.54) is 0 Å². The summed E-state index contributed by atoms with van der Waals surface area (Å²) < 4.78 is 5.28. The smallest absolute Gasteiger partial charge is 0.255 e. The lowest BCUT2D eigenvalue weighted by atomic mass is 10.2. The van der Waals surface area contributed by atoms with Crippen LogP contribution in [0.1, 0.15) is 21.7 Å². The number of amides is 1. The average Bonchev–Trinajstić information content (AvgIpc) is 3.18. The van der Waals surface area contributed by atoms with Crippen LogP contribution in [0.3, 0.4) is 0 Å². The van der Waals surface area contributed by atoms with Crippen LogP contribution in [-0.4, -0.2) is 34.4 Å². The molecule has 6 nitrogen and oxygen atoms in total. The second kappa shape index (κ2) is 8.10. The Morgan fingerprint density at radius 1 is 1.20 bits per heavy atom. The van der Waals surface area contributed by atoms with Gasteiger partial charge < -0.3 is 14.6 Å². The first kappa shape index (κ1) is 16.7. The van der Waals surface area contributed by atoms with Gasteiger partial charge in [0.15, 0.2) is 0 Å². The lowest BCUT2D eigenvalue weighted by molar-refractivity contribution is 0.0796. The third-order valence-electron chi connectivity index (χ3n) is 3.86. The van der Waals surface area contributed by atoms with Crippen molar-refractivity contribution in [2.24, 2.45) is 0 Å². The van der Waals surface area contributed by atoms with Gasteiger partial charge in [0.2, 0.25) is 0 Å². The zero-order valence-electron chi connectivity index (χ0n) is 14.1. The molecule has 0 spiro atoms. The number of nitrogens with one attached hydrogen (secondary N) is 1. The molecule has 0 radical (unpaired) electrons. The quantitative estimate of drug-likeness (QED) is 0.718. The standard InChI is InChI=1S/C19H20N4O2/c1-23(9-6-15-4-7-20-8-5-15)19(24)16-11-17(13-21-12-16)22-14-18-3-2-10-25-18/h2-5,7-8,10-13,22H,6,9,14H2,1H3. The van der Waals surface area contributed by atoms with Crippen LogP contribution in [0, 0.1) is 0 Å². The molecule has 0 aliphatic heterocycles. The Morgan fingerprint density at radius 3 is 2.80 bits per heavy atom. The molecule has 3 aromatic rings. The fourth-order valence-electron chi connectivity index (χ4n) is 2.42. The van der Waals surface area contributed by atoms with E-state index in [2.05, 4.69) is 15.3 Å². The molecule has 0 bridgehead atoms. The molecule has 0 aliphatic carbocycles. The molecule has 3 aromatic heterocycles. The van der Waals surface area contributed by atoms with E-state index in [-0.39, 0.29) is 5.91 Å². The maximum Gasteiger partial charge on any atom is 0.255 e. The fourth-order valence-corrected chi connectivity index (χ4v) is 2.42. The van der Waals surface area contributed by atoms with Crippen LogP contribution < -0.4 is 5.32 Å². The SMILES string of the molecule is CN(CCc1ccncc1)C(=O)c1cncc(NCc2ccco2)c1. The third kappa shape index (κ3) is 4.67. The molecule has 0 saturated heterocycles. The maximum atomic E-state index is 12.6. The van der Waals surface area contributed by atoms with Gasteiger partial charge in [0.25, 0.3) is 5.91 Å². The van der Waals surface area contributed by atoms with Crippen molar-refractivity contribution in [3.8, 4) is 0 Å². The highest BCUT2D eigenvalue weighted by Gasteiger charge is 2.12. The molecule has 0 atom stereocenters. The minimum absolute atomic E-state index is 0.0526. The van der Waals surface area contributed by atoms with Gasteiger partial charge >= 0.3 is 0 Å². The number of carbonyl (C=O) groups is 1. The average molecular weight is 336 g/mol. The number of pyridine rings is 2. The molecule has 0 unspecified atom stereocenters. The molecular weight excluding hydrogens is 316 g/mol. The van der Waals surface area contributed by atoms with Gasteiger partial charge in [0, 0.05) is 38.4 Å². The molecule has 128 valence electrons. The second-order valence-electron chi connectivity index (χ2n) is 5.73. The molecule has 0 aromatic carbocycles.